The van der Waals surface area contributed by atoms with Crippen molar-refractivity contribution in [2.24, 2.45) is 0 Å². The van der Waals surface area contributed by atoms with Crippen molar-refractivity contribution in [1.82, 2.24) is 9.88 Å². The van der Waals surface area contributed by atoms with Gasteiger partial charge in [-0.25, -0.2) is 4.98 Å². The van der Waals surface area contributed by atoms with Crippen LogP contribution in [0.5, 0.6) is 5.75 Å². The van der Waals surface area contributed by atoms with E-state index in [0.29, 0.717) is 28.6 Å². The molecule has 1 aliphatic rings. The molecule has 1 aliphatic heterocycles. The molecule has 0 radical (unpaired) electrons. The summed E-state index contributed by atoms with van der Waals surface area (Å²) in [6.07, 6.45) is 2.51. The van der Waals surface area contributed by atoms with Gasteiger partial charge in [0.1, 0.15) is 12.4 Å². The van der Waals surface area contributed by atoms with Gasteiger partial charge in [-0.1, -0.05) is 46.4 Å². The fourth-order valence-corrected chi connectivity index (χ4v) is 3.19. The Morgan fingerprint density at radius 1 is 1.13 bits per heavy atom. The maximum atomic E-state index is 6.09. The van der Waals surface area contributed by atoms with Gasteiger partial charge in [-0.3, -0.25) is 4.90 Å². The summed E-state index contributed by atoms with van der Waals surface area (Å²) < 4.78 is 4.36. The summed E-state index contributed by atoms with van der Waals surface area (Å²) in [5.74, 6) is 0.637. The maximum Gasteiger partial charge on any atom is 0.232 e. The van der Waals surface area contributed by atoms with E-state index in [0.717, 1.165) is 25.0 Å². The Kier molecular flexibility index (Phi) is 5.44. The third-order valence-electron chi connectivity index (χ3n) is 3.89. The van der Waals surface area contributed by atoms with E-state index in [2.05, 4.69) is 9.88 Å². The van der Waals surface area contributed by atoms with Gasteiger partial charge in [-0.15, -0.1) is 0 Å². The molecular weight excluding hydrogens is 378 g/mol. The second-order valence-electron chi connectivity index (χ2n) is 5.56. The Morgan fingerprint density at radius 2 is 1.87 bits per heavy atom. The average Bonchev–Trinajstić information content (AvgIpc) is 2.99. The fraction of sp³-hybridized carbons (Fsp3) is 0.438. The number of rotatable bonds is 4. The second kappa shape index (κ2) is 7.20. The fourth-order valence-electron chi connectivity index (χ4n) is 2.72. The Balaban J connectivity index is 1.87. The van der Waals surface area contributed by atoms with Crippen molar-refractivity contribution < 1.29 is 4.74 Å². The van der Waals surface area contributed by atoms with E-state index >= 15 is 0 Å². The molecule has 0 saturated carbocycles. The van der Waals surface area contributed by atoms with Gasteiger partial charge in [0.05, 0.1) is 11.2 Å². The molecule has 1 aromatic carbocycles. The van der Waals surface area contributed by atoms with Crippen LogP contribution in [-0.2, 0) is 3.79 Å². The number of aromatic nitrogens is 1. The molecule has 1 fully saturated rings. The first-order valence-corrected chi connectivity index (χ1v) is 8.97. The highest BCUT2D eigenvalue weighted by atomic mass is 35.6. The molecule has 0 bridgehead atoms. The van der Waals surface area contributed by atoms with Crippen molar-refractivity contribution >= 4 is 57.3 Å². The lowest BCUT2D eigenvalue weighted by molar-refractivity contribution is 0.239. The first kappa shape index (κ1) is 17.4. The Labute approximate surface area is 155 Å². The topological polar surface area (TPSA) is 25.4 Å². The molecule has 2 aromatic rings. The molecule has 0 spiro atoms. The van der Waals surface area contributed by atoms with Crippen molar-refractivity contribution in [3.63, 3.8) is 0 Å². The molecule has 1 aromatic heterocycles. The highest BCUT2D eigenvalue weighted by Gasteiger charge is 2.26. The largest absolute Gasteiger partial charge is 0.491 e. The summed E-state index contributed by atoms with van der Waals surface area (Å²) in [7, 11) is 0. The number of benzene rings is 1. The molecule has 7 heteroatoms. The van der Waals surface area contributed by atoms with Gasteiger partial charge in [0.25, 0.3) is 0 Å². The summed E-state index contributed by atoms with van der Waals surface area (Å²) in [6, 6.07) is 7.05. The number of alkyl halides is 3. The molecule has 3 nitrogen and oxygen atoms in total. The predicted molar refractivity (Wildman–Crippen MR) is 97.2 cm³/mol. The van der Waals surface area contributed by atoms with Gasteiger partial charge >= 0.3 is 0 Å². The van der Waals surface area contributed by atoms with Crippen LogP contribution in [0.15, 0.2) is 24.3 Å². The minimum Gasteiger partial charge on any atom is -0.491 e. The van der Waals surface area contributed by atoms with E-state index in [1.165, 1.54) is 12.8 Å². The van der Waals surface area contributed by atoms with Crippen LogP contribution in [0.4, 0.5) is 0 Å². The normalized spacial score (nSPS) is 16.2. The number of halogens is 4. The van der Waals surface area contributed by atoms with E-state index < -0.39 is 3.79 Å². The highest BCUT2D eigenvalue weighted by molar-refractivity contribution is 6.66. The van der Waals surface area contributed by atoms with Crippen molar-refractivity contribution in [2.45, 2.75) is 16.6 Å². The molecule has 0 unspecified atom stereocenters. The monoisotopic (exact) mass is 392 g/mol. The van der Waals surface area contributed by atoms with E-state index in [1.54, 1.807) is 18.2 Å². The zero-order chi connectivity index (χ0) is 16.4. The van der Waals surface area contributed by atoms with Crippen LogP contribution in [-0.4, -0.2) is 36.1 Å². The van der Waals surface area contributed by atoms with Crippen molar-refractivity contribution in [3.05, 3.63) is 35.0 Å². The van der Waals surface area contributed by atoms with E-state index in [4.69, 9.17) is 51.1 Å². The number of likely N-dealkylation sites (tertiary alicyclic amines) is 1. The van der Waals surface area contributed by atoms with Crippen LogP contribution in [0.25, 0.3) is 10.9 Å². The minimum absolute atomic E-state index is 0.341. The van der Waals surface area contributed by atoms with Crippen molar-refractivity contribution in [3.8, 4) is 5.75 Å². The number of nitrogens with zero attached hydrogens (tertiary/aromatic N) is 2. The standard InChI is InChI=1S/C16H16Cl4N2O/c17-11-3-4-13-12(9-11)14(10-15(21-13)16(18,19)20)23-8-7-22-5-1-2-6-22/h3-4,9-10H,1-2,5-8H2. The molecule has 124 valence electrons. The SMILES string of the molecule is Clc1ccc2nc(C(Cl)(Cl)Cl)cc(OCCN3CCCC3)c2c1. The van der Waals surface area contributed by atoms with Gasteiger partial charge < -0.3 is 4.74 Å². The first-order valence-electron chi connectivity index (χ1n) is 7.46. The second-order valence-corrected chi connectivity index (χ2v) is 8.28. The van der Waals surface area contributed by atoms with Crippen molar-refractivity contribution in [2.75, 3.05) is 26.2 Å². The molecular formula is C16H16Cl4N2O. The van der Waals surface area contributed by atoms with Crippen molar-refractivity contribution in [1.29, 1.82) is 0 Å². The van der Waals surface area contributed by atoms with Gasteiger partial charge in [-0.05, 0) is 44.1 Å². The quantitative estimate of drug-likeness (QED) is 0.668. The number of hydrogen-bond acceptors (Lipinski definition) is 3. The third kappa shape index (κ3) is 4.34. The summed E-state index contributed by atoms with van der Waals surface area (Å²) >= 11 is 24.0. The van der Waals surface area contributed by atoms with E-state index in [1.807, 2.05) is 6.07 Å². The lowest BCUT2D eigenvalue weighted by Crippen LogP contribution is -2.25. The van der Waals surface area contributed by atoms with E-state index in [-0.39, 0.29) is 0 Å². The van der Waals surface area contributed by atoms with Crippen LogP contribution in [0.3, 0.4) is 0 Å². The van der Waals surface area contributed by atoms with Gasteiger partial charge in [-0.2, -0.15) is 0 Å². The molecule has 1 saturated heterocycles. The van der Waals surface area contributed by atoms with Crippen LogP contribution in [0.1, 0.15) is 18.5 Å². The summed E-state index contributed by atoms with van der Waals surface area (Å²) in [5, 5.41) is 1.43. The molecule has 23 heavy (non-hydrogen) atoms. The van der Waals surface area contributed by atoms with Gasteiger partial charge in [0, 0.05) is 23.0 Å². The Morgan fingerprint density at radius 3 is 2.57 bits per heavy atom. The van der Waals surface area contributed by atoms with Crippen LogP contribution >= 0.6 is 46.4 Å². The predicted octanol–water partition coefficient (Wildman–Crippen LogP) is 5.19. The first-order chi connectivity index (χ1) is 10.9. The van der Waals surface area contributed by atoms with E-state index in [9.17, 15) is 0 Å². The van der Waals surface area contributed by atoms with Gasteiger partial charge in [0.15, 0.2) is 0 Å². The average molecular weight is 394 g/mol. The molecule has 0 atom stereocenters. The molecule has 0 amide bonds. The summed E-state index contributed by atoms with van der Waals surface area (Å²) in [5.41, 5.74) is 1.03. The molecule has 3 rings (SSSR count). The molecule has 2 heterocycles. The van der Waals surface area contributed by atoms with Crippen LogP contribution in [0.2, 0.25) is 5.02 Å². The lowest BCUT2D eigenvalue weighted by atomic mass is 10.2. The number of pyridine rings is 1. The Hall–Kier alpha value is -0.450. The maximum absolute atomic E-state index is 6.09. The highest BCUT2D eigenvalue weighted by Crippen LogP contribution is 2.40. The third-order valence-corrected chi connectivity index (χ3v) is 4.70. The van der Waals surface area contributed by atoms with Crippen LogP contribution < -0.4 is 4.74 Å². The molecule has 0 N–H and O–H groups in total. The van der Waals surface area contributed by atoms with Gasteiger partial charge in [0.2, 0.25) is 3.79 Å². The minimum atomic E-state index is -1.60. The zero-order valence-electron chi connectivity index (χ0n) is 12.4. The number of ether oxygens (including phenoxy) is 1. The lowest BCUT2D eigenvalue weighted by Gasteiger charge is -2.18. The summed E-state index contributed by atoms with van der Waals surface area (Å²) in [4.78, 5) is 6.77. The smallest absolute Gasteiger partial charge is 0.232 e. The number of hydrogen-bond donors (Lipinski definition) is 0. The zero-order valence-corrected chi connectivity index (χ0v) is 15.4. The van der Waals surface area contributed by atoms with Crippen LogP contribution in [0, 0.1) is 0 Å². The summed E-state index contributed by atoms with van der Waals surface area (Å²) in [6.45, 7) is 3.72. The molecule has 0 aliphatic carbocycles. The Bertz CT molecular complexity index is 696. The number of fused-ring (bicyclic) bond motifs is 1.